The lowest BCUT2D eigenvalue weighted by Crippen LogP contribution is -2.35. The number of ether oxygens (including phenoxy) is 1. The quantitative estimate of drug-likeness (QED) is 0.679. The second kappa shape index (κ2) is 8.27. The molecule has 0 saturated carbocycles. The van der Waals surface area contributed by atoms with Crippen LogP contribution in [0.5, 0.6) is 5.75 Å². The van der Waals surface area contributed by atoms with E-state index in [9.17, 15) is 22.8 Å². The van der Waals surface area contributed by atoms with Gasteiger partial charge < -0.3 is 15.4 Å². The van der Waals surface area contributed by atoms with Gasteiger partial charge in [0.05, 0.1) is 5.69 Å². The van der Waals surface area contributed by atoms with E-state index in [2.05, 4.69) is 10.6 Å². The highest BCUT2D eigenvalue weighted by Crippen LogP contribution is 2.31. The van der Waals surface area contributed by atoms with Crippen LogP contribution in [0.3, 0.4) is 0 Å². The molecule has 2 aromatic rings. The van der Waals surface area contributed by atoms with Gasteiger partial charge in [-0.05, 0) is 56.7 Å². The minimum Gasteiger partial charge on any atom is -0.479 e. The van der Waals surface area contributed by atoms with Gasteiger partial charge in [0.15, 0.2) is 21.7 Å². The zero-order valence-electron chi connectivity index (χ0n) is 16.8. The highest BCUT2D eigenvalue weighted by molar-refractivity contribution is 7.93. The zero-order valence-corrected chi connectivity index (χ0v) is 17.6. The summed E-state index contributed by atoms with van der Waals surface area (Å²) in [7, 11) is -4.06. The van der Waals surface area contributed by atoms with Crippen LogP contribution in [0.1, 0.15) is 29.8 Å². The lowest BCUT2D eigenvalue weighted by atomic mass is 10.1. The van der Waals surface area contributed by atoms with E-state index < -0.39 is 38.6 Å². The largest absolute Gasteiger partial charge is 0.479 e. The van der Waals surface area contributed by atoms with Gasteiger partial charge in [0.2, 0.25) is 5.91 Å². The van der Waals surface area contributed by atoms with Crippen molar-refractivity contribution in [2.75, 3.05) is 16.4 Å². The molecule has 2 amide bonds. The predicted molar refractivity (Wildman–Crippen MR) is 113 cm³/mol. The maximum atomic E-state index is 12.7. The van der Waals surface area contributed by atoms with Gasteiger partial charge in [-0.15, -0.1) is 0 Å². The van der Waals surface area contributed by atoms with Crippen molar-refractivity contribution in [2.45, 2.75) is 32.1 Å². The molecule has 0 saturated heterocycles. The zero-order chi connectivity index (χ0) is 22.1. The lowest BCUT2D eigenvalue weighted by molar-refractivity contribution is -0.122. The summed E-state index contributed by atoms with van der Waals surface area (Å²) < 4.78 is 30.7. The Morgan fingerprint density at radius 2 is 1.93 bits per heavy atom. The van der Waals surface area contributed by atoms with Gasteiger partial charge in [-0.3, -0.25) is 14.4 Å². The Morgan fingerprint density at radius 3 is 2.63 bits per heavy atom. The summed E-state index contributed by atoms with van der Waals surface area (Å²) in [4.78, 5) is 36.7. The lowest BCUT2D eigenvalue weighted by Gasteiger charge is -2.23. The molecule has 0 spiro atoms. The fourth-order valence-electron chi connectivity index (χ4n) is 2.99. The normalized spacial score (nSPS) is 16.6. The summed E-state index contributed by atoms with van der Waals surface area (Å²) in [5, 5.41) is 3.71. The number of nitrogens with one attached hydrogen (secondary N) is 2. The highest BCUT2D eigenvalue weighted by atomic mass is 32.2. The van der Waals surface area contributed by atoms with Crippen molar-refractivity contribution in [3.8, 4) is 5.75 Å². The summed E-state index contributed by atoms with van der Waals surface area (Å²) in [5.41, 5.74) is 1.79. The number of hydrogen-bond donors (Lipinski definition) is 2. The number of carbonyl (C=O) groups excluding carboxylic acids is 3. The summed E-state index contributed by atoms with van der Waals surface area (Å²) in [6.07, 6.45) is -0.662. The van der Waals surface area contributed by atoms with Gasteiger partial charge in [-0.2, -0.15) is 0 Å². The Hall–Kier alpha value is -3.20. The third-order valence-electron chi connectivity index (χ3n) is 4.74. The van der Waals surface area contributed by atoms with Crippen molar-refractivity contribution in [3.63, 3.8) is 0 Å². The van der Waals surface area contributed by atoms with Gasteiger partial charge >= 0.3 is 0 Å². The van der Waals surface area contributed by atoms with Crippen LogP contribution in [0, 0.1) is 6.92 Å². The number of hydrogen-bond acceptors (Lipinski definition) is 6. The molecule has 0 bridgehead atoms. The van der Waals surface area contributed by atoms with Crippen molar-refractivity contribution in [1.29, 1.82) is 0 Å². The Bertz CT molecular complexity index is 1130. The van der Waals surface area contributed by atoms with Crippen LogP contribution in [-0.2, 0) is 19.4 Å². The second-order valence-electron chi connectivity index (χ2n) is 7.19. The van der Waals surface area contributed by atoms with E-state index in [0.29, 0.717) is 17.1 Å². The fraction of sp³-hybridized carbons (Fsp3) is 0.286. The summed E-state index contributed by atoms with van der Waals surface area (Å²) in [6, 6.07) is 11.3. The van der Waals surface area contributed by atoms with E-state index in [4.69, 9.17) is 4.74 Å². The van der Waals surface area contributed by atoms with Crippen LogP contribution in [-0.4, -0.2) is 43.1 Å². The molecule has 2 aromatic carbocycles. The van der Waals surface area contributed by atoms with Crippen LogP contribution in [0.2, 0.25) is 0 Å². The van der Waals surface area contributed by atoms with Crippen LogP contribution >= 0.6 is 0 Å². The number of ketones is 1. The van der Waals surface area contributed by atoms with Crippen molar-refractivity contribution < 1.29 is 27.5 Å². The summed E-state index contributed by atoms with van der Waals surface area (Å²) >= 11 is 0. The number of Topliss-reactive ketones (excluding diaryl/α,β-unsaturated/α-hetero) is 1. The molecule has 1 aliphatic heterocycles. The molecule has 0 aromatic heterocycles. The number of benzene rings is 2. The van der Waals surface area contributed by atoms with E-state index in [1.54, 1.807) is 25.1 Å². The smallest absolute Gasteiger partial charge is 0.265 e. The molecule has 0 aliphatic carbocycles. The van der Waals surface area contributed by atoms with Crippen LogP contribution in [0.15, 0.2) is 42.5 Å². The second-order valence-corrected chi connectivity index (χ2v) is 9.51. The maximum Gasteiger partial charge on any atom is 0.265 e. The molecule has 8 nitrogen and oxygen atoms in total. The first-order valence-corrected chi connectivity index (χ1v) is 11.0. The molecule has 0 fully saturated rings. The number of anilines is 2. The molecule has 30 heavy (non-hydrogen) atoms. The molecule has 2 unspecified atom stereocenters. The van der Waals surface area contributed by atoms with E-state index in [1.807, 2.05) is 13.0 Å². The van der Waals surface area contributed by atoms with Crippen LogP contribution in [0.4, 0.5) is 11.4 Å². The number of carbonyl (C=O) groups is 3. The minimum absolute atomic E-state index is 0.0994. The van der Waals surface area contributed by atoms with E-state index in [-0.39, 0.29) is 11.5 Å². The van der Waals surface area contributed by atoms with Gasteiger partial charge in [0.25, 0.3) is 5.91 Å². The molecule has 1 aliphatic rings. The molecular weight excluding hydrogens is 408 g/mol. The molecule has 158 valence electrons. The molecule has 2 N–H and O–H groups in total. The Balaban J connectivity index is 1.72. The SMILES string of the molecule is Cc1cccc(NC(=O)CS(=O)(=O)C(C)C(=O)c2ccc3c(c2)NC(=O)C(C)O3)c1. The van der Waals surface area contributed by atoms with Crippen LogP contribution < -0.4 is 15.4 Å². The van der Waals surface area contributed by atoms with Crippen LogP contribution in [0.25, 0.3) is 0 Å². The first-order valence-electron chi connectivity index (χ1n) is 9.30. The number of fused-ring (bicyclic) bond motifs is 1. The Morgan fingerprint density at radius 1 is 1.20 bits per heavy atom. The number of rotatable bonds is 6. The van der Waals surface area contributed by atoms with Gasteiger partial charge in [0.1, 0.15) is 16.8 Å². The summed E-state index contributed by atoms with van der Waals surface area (Å²) in [6.45, 7) is 4.68. The van der Waals surface area contributed by atoms with Gasteiger partial charge in [0, 0.05) is 11.3 Å². The van der Waals surface area contributed by atoms with Crippen molar-refractivity contribution in [3.05, 3.63) is 53.6 Å². The van der Waals surface area contributed by atoms with Crippen molar-refractivity contribution >= 4 is 38.8 Å². The standard InChI is InChI=1S/C21H22N2O6S/c1-12-5-4-6-16(9-12)22-19(24)11-30(27,28)14(3)20(25)15-7-8-18-17(10-15)23-21(26)13(2)29-18/h4-10,13-14H,11H2,1-3H3,(H,22,24)(H,23,26). The molecule has 3 rings (SSSR count). The summed E-state index contributed by atoms with van der Waals surface area (Å²) in [5.74, 6) is -2.18. The molecular formula is C21H22N2O6S. The van der Waals surface area contributed by atoms with Gasteiger partial charge in [-0.25, -0.2) is 8.42 Å². The van der Waals surface area contributed by atoms with E-state index in [0.717, 1.165) is 5.56 Å². The van der Waals surface area contributed by atoms with Crippen molar-refractivity contribution in [2.24, 2.45) is 0 Å². The molecule has 1 heterocycles. The highest BCUT2D eigenvalue weighted by Gasteiger charge is 2.32. The average molecular weight is 430 g/mol. The van der Waals surface area contributed by atoms with Gasteiger partial charge in [-0.1, -0.05) is 12.1 Å². The third kappa shape index (κ3) is 4.68. The Kier molecular flexibility index (Phi) is 5.93. The topological polar surface area (TPSA) is 119 Å². The first-order chi connectivity index (χ1) is 14.1. The molecule has 9 heteroatoms. The maximum absolute atomic E-state index is 12.7. The van der Waals surface area contributed by atoms with Crippen molar-refractivity contribution in [1.82, 2.24) is 0 Å². The molecule has 0 radical (unpaired) electrons. The number of aryl methyl sites for hydroxylation is 1. The minimum atomic E-state index is -4.06. The average Bonchev–Trinajstić information content (AvgIpc) is 2.67. The van der Waals surface area contributed by atoms with E-state index >= 15 is 0 Å². The number of amides is 2. The Labute approximate surface area is 174 Å². The fourth-order valence-corrected chi connectivity index (χ4v) is 4.14. The third-order valence-corrected chi connectivity index (χ3v) is 6.69. The van der Waals surface area contributed by atoms with E-state index in [1.165, 1.54) is 25.1 Å². The number of sulfone groups is 1. The molecule has 2 atom stereocenters. The predicted octanol–water partition coefficient (Wildman–Crippen LogP) is 2.34. The monoisotopic (exact) mass is 430 g/mol. The first kappa shape index (κ1) is 21.5.